The Morgan fingerprint density at radius 3 is 1.02 bits per heavy atom. The van der Waals surface area contributed by atoms with Gasteiger partial charge in [0.25, 0.3) is 0 Å². The molecule has 0 spiro atoms. The Labute approximate surface area is 254 Å². The van der Waals surface area contributed by atoms with Crippen LogP contribution in [0, 0.1) is 0 Å². The fourth-order valence-corrected chi connectivity index (χ4v) is 4.31. The van der Waals surface area contributed by atoms with Gasteiger partial charge in [0.1, 0.15) is 47.8 Å². The van der Waals surface area contributed by atoms with Gasteiger partial charge in [-0.1, -0.05) is 24.3 Å². The maximum absolute atomic E-state index is 13.7. The molecule has 8 N–H and O–H groups in total. The quantitative estimate of drug-likeness (QED) is 0.212. The summed E-state index contributed by atoms with van der Waals surface area (Å²) in [7, 11) is 0. The highest BCUT2D eigenvalue weighted by molar-refractivity contribution is 5.98. The predicted molar refractivity (Wildman–Crippen MR) is 158 cm³/mol. The van der Waals surface area contributed by atoms with Crippen LogP contribution in [0.1, 0.15) is 38.8 Å². The van der Waals surface area contributed by atoms with Gasteiger partial charge >= 0.3 is 0 Å². The van der Waals surface area contributed by atoms with Crippen molar-refractivity contribution in [2.75, 3.05) is 0 Å². The molecule has 0 unspecified atom stereocenters. The summed E-state index contributed by atoms with van der Waals surface area (Å²) in [6.07, 6.45) is -0.0650. The average Bonchev–Trinajstić information content (AvgIpc) is 2.97. The lowest BCUT2D eigenvalue weighted by molar-refractivity contribution is -0.136. The summed E-state index contributed by atoms with van der Waals surface area (Å²) in [5.41, 5.74) is 1.16. The Balaban J connectivity index is 1.97. The maximum atomic E-state index is 13.7. The number of hydrogen-bond donors (Lipinski definition) is 8. The van der Waals surface area contributed by atoms with Crippen LogP contribution in [-0.2, 0) is 41.6 Å². The standard InChI is InChI=1S/C30H38N6O8/c1-15-25(39)31-16(2)26(40)33-18(4)28(42)35-24(14-20-7-11-22(38)12-8-20)30(44)36-23(13-19-5-9-21(37)10-6-19)29(43)34-17(3)27(41)32-15/h5-12,15-18,23-24,37-38H,13-14H2,1-4H3,(H,31,39)(H,32,41)(H,33,40)(H,34,43)(H,35,42)(H,36,44)/t15-,16-,17+,18-,23-,24-/m0/s1. The summed E-state index contributed by atoms with van der Waals surface area (Å²) in [5, 5.41) is 34.6. The lowest BCUT2D eigenvalue weighted by atomic mass is 10.0. The van der Waals surface area contributed by atoms with E-state index in [9.17, 15) is 39.0 Å². The number of phenolic OH excluding ortho intramolecular Hbond substituents is 2. The molecule has 1 aliphatic heterocycles. The smallest absolute Gasteiger partial charge is 0.243 e. The molecule has 3 rings (SSSR count). The Bertz CT molecular complexity index is 1340. The van der Waals surface area contributed by atoms with E-state index in [1.165, 1.54) is 52.0 Å². The molecule has 1 aliphatic rings. The highest BCUT2D eigenvalue weighted by Gasteiger charge is 2.32. The van der Waals surface area contributed by atoms with Crippen molar-refractivity contribution in [3.05, 3.63) is 59.7 Å². The number of carbonyl (C=O) groups excluding carboxylic acids is 6. The van der Waals surface area contributed by atoms with Gasteiger partial charge in [0.05, 0.1) is 0 Å². The predicted octanol–water partition coefficient (Wildman–Crippen LogP) is -1.11. The van der Waals surface area contributed by atoms with Crippen LogP contribution in [0.2, 0.25) is 0 Å². The second-order valence-electron chi connectivity index (χ2n) is 10.8. The number of amides is 6. The van der Waals surface area contributed by atoms with Gasteiger partial charge in [0, 0.05) is 12.8 Å². The SMILES string of the molecule is C[C@@H]1NC(=O)[C@H](C)NC(=O)[C@@H](C)NC(=O)[C@H](Cc2ccc(O)cc2)NC(=O)[C@H](Cc2ccc(O)cc2)NC(=O)[C@H](C)NC1=O. The molecule has 0 aliphatic carbocycles. The highest BCUT2D eigenvalue weighted by Crippen LogP contribution is 2.14. The van der Waals surface area contributed by atoms with Crippen LogP contribution in [0.5, 0.6) is 11.5 Å². The monoisotopic (exact) mass is 610 g/mol. The molecule has 6 atom stereocenters. The van der Waals surface area contributed by atoms with E-state index in [1.54, 1.807) is 24.3 Å². The topological polar surface area (TPSA) is 215 Å². The van der Waals surface area contributed by atoms with Crippen molar-refractivity contribution < 1.29 is 39.0 Å². The molecule has 1 saturated heterocycles. The number of carbonyl (C=O) groups is 6. The Morgan fingerprint density at radius 1 is 0.432 bits per heavy atom. The lowest BCUT2D eigenvalue weighted by Gasteiger charge is -2.27. The van der Waals surface area contributed by atoms with Crippen LogP contribution >= 0.6 is 0 Å². The number of rotatable bonds is 4. The van der Waals surface area contributed by atoms with Gasteiger partial charge in [-0.3, -0.25) is 28.8 Å². The number of nitrogens with one attached hydrogen (secondary N) is 6. The third kappa shape index (κ3) is 9.44. The molecule has 14 heteroatoms. The Kier molecular flexibility index (Phi) is 11.3. The van der Waals surface area contributed by atoms with E-state index in [1.807, 2.05) is 0 Å². The summed E-state index contributed by atoms with van der Waals surface area (Å²) in [4.78, 5) is 78.4. The van der Waals surface area contributed by atoms with Crippen molar-refractivity contribution in [2.24, 2.45) is 0 Å². The van der Waals surface area contributed by atoms with Crippen LogP contribution in [0.15, 0.2) is 48.5 Å². The molecule has 44 heavy (non-hydrogen) atoms. The molecule has 0 aromatic heterocycles. The minimum absolute atomic E-state index is 0.00248. The number of hydrogen-bond acceptors (Lipinski definition) is 8. The van der Waals surface area contributed by atoms with Crippen molar-refractivity contribution in [3.8, 4) is 11.5 Å². The maximum Gasteiger partial charge on any atom is 0.243 e. The molecule has 1 heterocycles. The second-order valence-corrected chi connectivity index (χ2v) is 10.8. The van der Waals surface area contributed by atoms with Crippen molar-refractivity contribution in [3.63, 3.8) is 0 Å². The minimum atomic E-state index is -1.22. The van der Waals surface area contributed by atoms with Crippen LogP contribution in [0.25, 0.3) is 0 Å². The third-order valence-electron chi connectivity index (χ3n) is 7.03. The molecule has 6 amide bonds. The van der Waals surface area contributed by atoms with Crippen molar-refractivity contribution in [1.29, 1.82) is 0 Å². The summed E-state index contributed by atoms with van der Waals surface area (Å²) in [6, 6.07) is 5.13. The van der Waals surface area contributed by atoms with Crippen LogP contribution in [0.3, 0.4) is 0 Å². The first-order chi connectivity index (χ1) is 20.7. The van der Waals surface area contributed by atoms with Gasteiger partial charge in [-0.05, 0) is 63.1 Å². The van der Waals surface area contributed by atoms with E-state index >= 15 is 0 Å². The van der Waals surface area contributed by atoms with Crippen LogP contribution < -0.4 is 31.9 Å². The second kappa shape index (κ2) is 14.8. The van der Waals surface area contributed by atoms with E-state index in [0.29, 0.717) is 11.1 Å². The number of aromatic hydroxyl groups is 2. The van der Waals surface area contributed by atoms with Gasteiger partial charge in [0.15, 0.2) is 0 Å². The van der Waals surface area contributed by atoms with Crippen molar-refractivity contribution in [1.82, 2.24) is 31.9 Å². The van der Waals surface area contributed by atoms with Crippen molar-refractivity contribution in [2.45, 2.75) is 76.8 Å². The first kappa shape index (κ1) is 33.4. The third-order valence-corrected chi connectivity index (χ3v) is 7.03. The highest BCUT2D eigenvalue weighted by atomic mass is 16.3. The minimum Gasteiger partial charge on any atom is -0.508 e. The van der Waals surface area contributed by atoms with E-state index in [-0.39, 0.29) is 24.3 Å². The van der Waals surface area contributed by atoms with Gasteiger partial charge in [0.2, 0.25) is 35.4 Å². The molecular weight excluding hydrogens is 572 g/mol. The van der Waals surface area contributed by atoms with Gasteiger partial charge in [-0.25, -0.2) is 0 Å². The lowest BCUT2D eigenvalue weighted by Crippen LogP contribution is -2.60. The first-order valence-corrected chi connectivity index (χ1v) is 14.1. The zero-order chi connectivity index (χ0) is 32.6. The Morgan fingerprint density at radius 2 is 0.682 bits per heavy atom. The van der Waals surface area contributed by atoms with Crippen LogP contribution in [-0.4, -0.2) is 81.9 Å². The molecule has 1 fully saturated rings. The molecule has 0 saturated carbocycles. The van der Waals surface area contributed by atoms with E-state index in [2.05, 4.69) is 31.9 Å². The summed E-state index contributed by atoms with van der Waals surface area (Å²) in [5.74, 6) is -4.15. The molecule has 2 aromatic carbocycles. The van der Waals surface area contributed by atoms with E-state index in [0.717, 1.165) is 0 Å². The normalized spacial score (nSPS) is 26.1. The van der Waals surface area contributed by atoms with Crippen molar-refractivity contribution >= 4 is 35.4 Å². The van der Waals surface area contributed by atoms with E-state index < -0.39 is 71.7 Å². The van der Waals surface area contributed by atoms with Gasteiger partial charge in [-0.2, -0.15) is 0 Å². The average molecular weight is 611 g/mol. The molecule has 0 radical (unpaired) electrons. The summed E-state index contributed by atoms with van der Waals surface area (Å²) in [6.45, 7) is 5.62. The zero-order valence-corrected chi connectivity index (χ0v) is 24.8. The fraction of sp³-hybridized carbons (Fsp3) is 0.400. The summed E-state index contributed by atoms with van der Waals surface area (Å²) >= 11 is 0. The van der Waals surface area contributed by atoms with Crippen LogP contribution in [0.4, 0.5) is 0 Å². The van der Waals surface area contributed by atoms with Gasteiger partial charge in [-0.15, -0.1) is 0 Å². The molecule has 14 nitrogen and oxygen atoms in total. The largest absolute Gasteiger partial charge is 0.508 e. The zero-order valence-electron chi connectivity index (χ0n) is 24.8. The molecule has 236 valence electrons. The number of benzene rings is 2. The molecule has 2 aromatic rings. The molecule has 0 bridgehead atoms. The fourth-order valence-electron chi connectivity index (χ4n) is 4.31. The number of phenols is 2. The Hall–Kier alpha value is -5.14. The van der Waals surface area contributed by atoms with E-state index in [4.69, 9.17) is 0 Å². The van der Waals surface area contributed by atoms with Gasteiger partial charge < -0.3 is 42.1 Å². The first-order valence-electron chi connectivity index (χ1n) is 14.1. The molecular formula is C30H38N6O8. The summed E-state index contributed by atoms with van der Waals surface area (Å²) < 4.78 is 0.